The van der Waals surface area contributed by atoms with E-state index in [1.165, 1.54) is 0 Å². The summed E-state index contributed by atoms with van der Waals surface area (Å²) in [5.41, 5.74) is 3.66. The van der Waals surface area contributed by atoms with Crippen molar-refractivity contribution in [3.63, 3.8) is 0 Å². The van der Waals surface area contributed by atoms with Crippen molar-refractivity contribution in [1.29, 1.82) is 0 Å². The Morgan fingerprint density at radius 2 is 1.78 bits per heavy atom. The molecule has 3 aromatic rings. The molecule has 1 heterocycles. The van der Waals surface area contributed by atoms with Gasteiger partial charge in [0.2, 0.25) is 0 Å². The van der Waals surface area contributed by atoms with Crippen LogP contribution in [0, 0.1) is 6.92 Å². The Labute approximate surface area is 157 Å². The summed E-state index contributed by atoms with van der Waals surface area (Å²) in [7, 11) is 0. The molecule has 0 saturated heterocycles. The Morgan fingerprint density at radius 1 is 1.07 bits per heavy atom. The molecular weight excluding hydrogens is 342 g/mol. The molecule has 6 heteroatoms. The molecule has 1 N–H and O–H groups in total. The second-order valence-corrected chi connectivity index (χ2v) is 6.09. The van der Waals surface area contributed by atoms with Gasteiger partial charge in [-0.05, 0) is 19.1 Å². The van der Waals surface area contributed by atoms with E-state index in [-0.39, 0.29) is 13.0 Å². The quantitative estimate of drug-likeness (QED) is 0.677. The van der Waals surface area contributed by atoms with Gasteiger partial charge in [0.25, 0.3) is 5.91 Å². The van der Waals surface area contributed by atoms with Gasteiger partial charge in [-0.25, -0.2) is 4.68 Å². The number of esters is 1. The molecule has 0 unspecified atom stereocenters. The van der Waals surface area contributed by atoms with Gasteiger partial charge in [-0.2, -0.15) is 5.10 Å². The minimum atomic E-state index is -0.415. The Balaban J connectivity index is 1.90. The topological polar surface area (TPSA) is 73.2 Å². The second-order valence-electron chi connectivity index (χ2n) is 6.09. The molecule has 6 nitrogen and oxygen atoms in total. The van der Waals surface area contributed by atoms with Gasteiger partial charge < -0.3 is 10.1 Å². The van der Waals surface area contributed by atoms with Crippen LogP contribution in [0.5, 0.6) is 0 Å². The van der Waals surface area contributed by atoms with Gasteiger partial charge in [0.05, 0.1) is 11.4 Å². The molecule has 0 aliphatic rings. The van der Waals surface area contributed by atoms with E-state index < -0.39 is 11.9 Å². The van der Waals surface area contributed by atoms with E-state index >= 15 is 0 Å². The summed E-state index contributed by atoms with van der Waals surface area (Å²) in [6, 6.07) is 19.3. The van der Waals surface area contributed by atoms with Gasteiger partial charge in [-0.3, -0.25) is 9.59 Å². The maximum Gasteiger partial charge on any atom is 0.306 e. The Bertz CT molecular complexity index is 931. The number of benzene rings is 2. The number of nitrogens with one attached hydrogen (secondary N) is 1. The lowest BCUT2D eigenvalue weighted by molar-refractivity contribution is -0.146. The number of hydrogen-bond acceptors (Lipinski definition) is 4. The lowest BCUT2D eigenvalue weighted by Crippen LogP contribution is -2.22. The SMILES string of the molecule is CCC(=O)OCC(=O)Nc1cc(-c2ccc(C)cc2)nn1-c1ccccc1. The maximum absolute atomic E-state index is 12.2. The van der Waals surface area contributed by atoms with Gasteiger partial charge in [0.1, 0.15) is 5.82 Å². The molecule has 0 aliphatic carbocycles. The molecule has 27 heavy (non-hydrogen) atoms. The average molecular weight is 363 g/mol. The molecule has 2 aromatic carbocycles. The molecule has 0 atom stereocenters. The summed E-state index contributed by atoms with van der Waals surface area (Å²) in [4.78, 5) is 23.4. The first-order valence-electron chi connectivity index (χ1n) is 8.75. The van der Waals surface area contributed by atoms with Crippen molar-refractivity contribution in [1.82, 2.24) is 9.78 Å². The normalized spacial score (nSPS) is 10.4. The number of aryl methyl sites for hydroxylation is 1. The smallest absolute Gasteiger partial charge is 0.306 e. The lowest BCUT2D eigenvalue weighted by atomic mass is 10.1. The summed E-state index contributed by atoms with van der Waals surface area (Å²) < 4.78 is 6.56. The monoisotopic (exact) mass is 363 g/mol. The van der Waals surface area contributed by atoms with Crippen molar-refractivity contribution < 1.29 is 14.3 Å². The summed E-state index contributed by atoms with van der Waals surface area (Å²) >= 11 is 0. The molecule has 0 spiro atoms. The number of anilines is 1. The summed E-state index contributed by atoms with van der Waals surface area (Å²) in [6.07, 6.45) is 0.229. The van der Waals surface area contributed by atoms with E-state index in [1.54, 1.807) is 17.7 Å². The van der Waals surface area contributed by atoms with Crippen LogP contribution >= 0.6 is 0 Å². The first kappa shape index (κ1) is 18.4. The van der Waals surface area contributed by atoms with Crippen LogP contribution in [-0.2, 0) is 14.3 Å². The Morgan fingerprint density at radius 3 is 2.44 bits per heavy atom. The van der Waals surface area contributed by atoms with Gasteiger partial charge >= 0.3 is 5.97 Å². The van der Waals surface area contributed by atoms with E-state index in [9.17, 15) is 9.59 Å². The van der Waals surface area contributed by atoms with Crippen LogP contribution in [0.3, 0.4) is 0 Å². The third-order valence-corrected chi connectivity index (χ3v) is 3.98. The molecule has 138 valence electrons. The van der Waals surface area contributed by atoms with Gasteiger partial charge in [0, 0.05) is 18.1 Å². The number of nitrogens with zero attached hydrogens (tertiary/aromatic N) is 2. The molecule has 1 aromatic heterocycles. The maximum atomic E-state index is 12.2. The number of para-hydroxylation sites is 1. The number of aromatic nitrogens is 2. The third kappa shape index (κ3) is 4.61. The highest BCUT2D eigenvalue weighted by Crippen LogP contribution is 2.25. The molecule has 3 rings (SSSR count). The van der Waals surface area contributed by atoms with Crippen molar-refractivity contribution >= 4 is 17.7 Å². The summed E-state index contributed by atoms with van der Waals surface area (Å²) in [5, 5.41) is 7.41. The van der Waals surface area contributed by atoms with Crippen LogP contribution in [-0.4, -0.2) is 28.3 Å². The van der Waals surface area contributed by atoms with Crippen LogP contribution in [0.4, 0.5) is 5.82 Å². The van der Waals surface area contributed by atoms with Crippen LogP contribution < -0.4 is 5.32 Å². The molecule has 0 bridgehead atoms. The fourth-order valence-electron chi connectivity index (χ4n) is 2.53. The molecule has 0 aliphatic heterocycles. The fraction of sp³-hybridized carbons (Fsp3) is 0.190. The van der Waals surface area contributed by atoms with Crippen molar-refractivity contribution in [2.45, 2.75) is 20.3 Å². The lowest BCUT2D eigenvalue weighted by Gasteiger charge is -2.09. The minimum Gasteiger partial charge on any atom is -0.456 e. The number of carbonyl (C=O) groups is 2. The standard InChI is InChI=1S/C21H21N3O3/c1-3-21(26)27-14-20(25)22-19-13-18(16-11-9-15(2)10-12-16)23-24(19)17-7-5-4-6-8-17/h4-13H,3,14H2,1-2H3,(H,22,25). The van der Waals surface area contributed by atoms with Gasteiger partial charge in [0.15, 0.2) is 6.61 Å². The van der Waals surface area contributed by atoms with Crippen molar-refractivity contribution in [3.8, 4) is 16.9 Å². The molecular formula is C21H21N3O3. The molecule has 0 fully saturated rings. The van der Waals surface area contributed by atoms with E-state index in [0.29, 0.717) is 5.82 Å². The van der Waals surface area contributed by atoms with E-state index in [1.807, 2.05) is 61.5 Å². The Hall–Kier alpha value is -3.41. The van der Waals surface area contributed by atoms with Crippen LogP contribution in [0.2, 0.25) is 0 Å². The number of rotatable bonds is 6. The predicted octanol–water partition coefficient (Wildman–Crippen LogP) is 3.74. The zero-order valence-corrected chi connectivity index (χ0v) is 15.3. The van der Waals surface area contributed by atoms with Crippen molar-refractivity contribution in [3.05, 3.63) is 66.2 Å². The second kappa shape index (κ2) is 8.31. The van der Waals surface area contributed by atoms with E-state index in [0.717, 1.165) is 22.5 Å². The van der Waals surface area contributed by atoms with Gasteiger partial charge in [-0.1, -0.05) is 55.0 Å². The fourth-order valence-corrected chi connectivity index (χ4v) is 2.53. The zero-order chi connectivity index (χ0) is 19.2. The average Bonchev–Trinajstić information content (AvgIpc) is 3.11. The predicted molar refractivity (Wildman–Crippen MR) is 104 cm³/mol. The summed E-state index contributed by atoms with van der Waals surface area (Å²) in [5.74, 6) is -0.319. The Kier molecular flexibility index (Phi) is 5.66. The largest absolute Gasteiger partial charge is 0.456 e. The van der Waals surface area contributed by atoms with Gasteiger partial charge in [-0.15, -0.1) is 0 Å². The number of hydrogen-bond donors (Lipinski definition) is 1. The highest BCUT2D eigenvalue weighted by atomic mass is 16.5. The molecule has 0 radical (unpaired) electrons. The van der Waals surface area contributed by atoms with Crippen LogP contribution in [0.25, 0.3) is 16.9 Å². The number of amides is 1. The number of ether oxygens (including phenoxy) is 1. The van der Waals surface area contributed by atoms with Crippen LogP contribution in [0.15, 0.2) is 60.7 Å². The highest BCUT2D eigenvalue weighted by Gasteiger charge is 2.14. The minimum absolute atomic E-state index is 0.229. The third-order valence-electron chi connectivity index (χ3n) is 3.98. The van der Waals surface area contributed by atoms with Crippen LogP contribution in [0.1, 0.15) is 18.9 Å². The number of carbonyl (C=O) groups excluding carboxylic acids is 2. The van der Waals surface area contributed by atoms with E-state index in [4.69, 9.17) is 4.74 Å². The molecule has 0 saturated carbocycles. The molecule has 1 amide bonds. The van der Waals surface area contributed by atoms with E-state index in [2.05, 4.69) is 10.4 Å². The zero-order valence-electron chi connectivity index (χ0n) is 15.3. The van der Waals surface area contributed by atoms with Crippen molar-refractivity contribution in [2.75, 3.05) is 11.9 Å². The van der Waals surface area contributed by atoms with Crippen molar-refractivity contribution in [2.24, 2.45) is 0 Å². The first-order valence-corrected chi connectivity index (χ1v) is 8.75. The summed E-state index contributed by atoms with van der Waals surface area (Å²) in [6.45, 7) is 3.38. The first-order chi connectivity index (χ1) is 13.1. The highest BCUT2D eigenvalue weighted by molar-refractivity contribution is 5.92.